The number of hydrogen-bond acceptors (Lipinski definition) is 4. The highest BCUT2D eigenvalue weighted by molar-refractivity contribution is 5.87. The Labute approximate surface area is 162 Å². The molecule has 1 aliphatic rings. The second-order valence-electron chi connectivity index (χ2n) is 8.37. The van der Waals surface area contributed by atoms with Crippen LogP contribution in [-0.2, 0) is 14.3 Å². The summed E-state index contributed by atoms with van der Waals surface area (Å²) in [6, 6.07) is 7.89. The standard InChI is InChI=1S/C23H32O4/c1-6-26-21(24)16(2)10-11-17-8-7-9-20(17)18-12-14-19(15-13-18)27-22(25)23(3,4)5/h12-15,17,20H,2,6-11H2,1,3-5H3/t17-,20+/m0/s1. The minimum Gasteiger partial charge on any atom is -0.463 e. The molecule has 0 aliphatic heterocycles. The molecule has 0 bridgehead atoms. The predicted molar refractivity (Wildman–Crippen MR) is 107 cm³/mol. The van der Waals surface area contributed by atoms with Gasteiger partial charge >= 0.3 is 11.9 Å². The number of carbonyl (C=O) groups is 2. The van der Waals surface area contributed by atoms with Crippen molar-refractivity contribution >= 4 is 11.9 Å². The zero-order chi connectivity index (χ0) is 20.0. The Hall–Kier alpha value is -2.10. The Morgan fingerprint density at radius 2 is 1.81 bits per heavy atom. The molecule has 1 fully saturated rings. The van der Waals surface area contributed by atoms with E-state index in [9.17, 15) is 9.59 Å². The molecule has 0 unspecified atom stereocenters. The van der Waals surface area contributed by atoms with Gasteiger partial charge in [0.15, 0.2) is 0 Å². The first-order chi connectivity index (χ1) is 12.7. The fourth-order valence-electron chi connectivity index (χ4n) is 3.56. The molecule has 0 N–H and O–H groups in total. The van der Waals surface area contributed by atoms with E-state index in [-0.39, 0.29) is 11.9 Å². The van der Waals surface area contributed by atoms with Crippen LogP contribution in [0.1, 0.15) is 71.3 Å². The number of carbonyl (C=O) groups excluding carboxylic acids is 2. The molecule has 27 heavy (non-hydrogen) atoms. The van der Waals surface area contributed by atoms with Gasteiger partial charge in [0.2, 0.25) is 0 Å². The minimum absolute atomic E-state index is 0.230. The quantitative estimate of drug-likeness (QED) is 0.364. The third-order valence-corrected chi connectivity index (χ3v) is 5.17. The highest BCUT2D eigenvalue weighted by Crippen LogP contribution is 2.42. The maximum Gasteiger partial charge on any atom is 0.333 e. The molecule has 0 heterocycles. The van der Waals surface area contributed by atoms with Crippen molar-refractivity contribution in [1.29, 1.82) is 0 Å². The van der Waals surface area contributed by atoms with Gasteiger partial charge in [-0.15, -0.1) is 0 Å². The lowest BCUT2D eigenvalue weighted by molar-refractivity contribution is -0.143. The first kappa shape index (κ1) is 21.2. The lowest BCUT2D eigenvalue weighted by Crippen LogP contribution is -2.25. The van der Waals surface area contributed by atoms with Crippen molar-refractivity contribution in [3.05, 3.63) is 42.0 Å². The summed E-state index contributed by atoms with van der Waals surface area (Å²) in [6.07, 6.45) is 5.14. The second kappa shape index (κ2) is 9.20. The summed E-state index contributed by atoms with van der Waals surface area (Å²) in [7, 11) is 0. The van der Waals surface area contributed by atoms with Crippen molar-refractivity contribution in [3.8, 4) is 5.75 Å². The molecule has 1 aromatic rings. The van der Waals surface area contributed by atoms with Crippen LogP contribution in [0.4, 0.5) is 0 Å². The summed E-state index contributed by atoms with van der Waals surface area (Å²) in [5, 5.41) is 0. The van der Waals surface area contributed by atoms with Crippen LogP contribution in [0.15, 0.2) is 36.4 Å². The van der Waals surface area contributed by atoms with Crippen LogP contribution < -0.4 is 4.74 Å². The molecule has 2 atom stereocenters. The first-order valence-electron chi connectivity index (χ1n) is 9.89. The molecule has 0 aromatic heterocycles. The monoisotopic (exact) mass is 372 g/mol. The van der Waals surface area contributed by atoms with Crippen LogP contribution in [-0.4, -0.2) is 18.5 Å². The lowest BCUT2D eigenvalue weighted by Gasteiger charge is -2.21. The van der Waals surface area contributed by atoms with E-state index in [1.54, 1.807) is 6.92 Å². The Kier molecular flexibility index (Phi) is 7.23. The van der Waals surface area contributed by atoms with Gasteiger partial charge < -0.3 is 9.47 Å². The predicted octanol–water partition coefficient (Wildman–Crippen LogP) is 5.42. The van der Waals surface area contributed by atoms with Gasteiger partial charge in [-0.25, -0.2) is 4.79 Å². The SMILES string of the molecule is C=C(CC[C@@H]1CCC[C@H]1c1ccc(OC(=O)C(C)(C)C)cc1)C(=O)OCC. The lowest BCUT2D eigenvalue weighted by atomic mass is 9.85. The molecular weight excluding hydrogens is 340 g/mol. The molecule has 0 radical (unpaired) electrons. The molecule has 4 nitrogen and oxygen atoms in total. The van der Waals surface area contributed by atoms with Crippen LogP contribution in [0.2, 0.25) is 0 Å². The van der Waals surface area contributed by atoms with Gasteiger partial charge in [0.1, 0.15) is 5.75 Å². The fourth-order valence-corrected chi connectivity index (χ4v) is 3.56. The molecular formula is C23H32O4. The van der Waals surface area contributed by atoms with Crippen LogP contribution in [0.3, 0.4) is 0 Å². The largest absolute Gasteiger partial charge is 0.463 e. The number of esters is 2. The summed E-state index contributed by atoms with van der Waals surface area (Å²) < 4.78 is 10.5. The number of hydrogen-bond donors (Lipinski definition) is 0. The summed E-state index contributed by atoms with van der Waals surface area (Å²) in [5.41, 5.74) is 1.32. The van der Waals surface area contributed by atoms with E-state index in [0.29, 0.717) is 36.2 Å². The van der Waals surface area contributed by atoms with Gasteiger partial charge in [-0.05, 0) is 82.9 Å². The molecule has 0 spiro atoms. The average Bonchev–Trinajstić information content (AvgIpc) is 3.08. The Bertz CT molecular complexity index is 667. The Morgan fingerprint density at radius 3 is 2.41 bits per heavy atom. The number of ether oxygens (including phenoxy) is 2. The molecule has 2 rings (SSSR count). The van der Waals surface area contributed by atoms with Crippen molar-refractivity contribution in [2.24, 2.45) is 11.3 Å². The summed E-state index contributed by atoms with van der Waals surface area (Å²) >= 11 is 0. The van der Waals surface area contributed by atoms with Crippen LogP contribution in [0, 0.1) is 11.3 Å². The van der Waals surface area contributed by atoms with E-state index in [1.165, 1.54) is 18.4 Å². The summed E-state index contributed by atoms with van der Waals surface area (Å²) in [6.45, 7) is 11.6. The fraction of sp³-hybridized carbons (Fsp3) is 0.565. The Morgan fingerprint density at radius 1 is 1.15 bits per heavy atom. The van der Waals surface area contributed by atoms with Gasteiger partial charge in [-0.2, -0.15) is 0 Å². The van der Waals surface area contributed by atoms with Crippen molar-refractivity contribution in [1.82, 2.24) is 0 Å². The van der Waals surface area contributed by atoms with E-state index in [2.05, 4.69) is 18.7 Å². The number of benzene rings is 1. The van der Waals surface area contributed by atoms with Crippen molar-refractivity contribution in [3.63, 3.8) is 0 Å². The topological polar surface area (TPSA) is 52.6 Å². The van der Waals surface area contributed by atoms with E-state index in [4.69, 9.17) is 9.47 Å². The molecule has 1 aromatic carbocycles. The normalized spacial score (nSPS) is 19.6. The molecule has 0 saturated heterocycles. The van der Waals surface area contributed by atoms with Crippen LogP contribution in [0.25, 0.3) is 0 Å². The second-order valence-corrected chi connectivity index (χ2v) is 8.37. The van der Waals surface area contributed by atoms with Gasteiger partial charge in [-0.3, -0.25) is 4.79 Å². The van der Waals surface area contributed by atoms with Crippen LogP contribution >= 0.6 is 0 Å². The van der Waals surface area contributed by atoms with Gasteiger partial charge in [-0.1, -0.05) is 25.1 Å². The zero-order valence-electron chi connectivity index (χ0n) is 17.0. The van der Waals surface area contributed by atoms with E-state index in [1.807, 2.05) is 32.9 Å². The maximum absolute atomic E-state index is 12.0. The molecule has 1 saturated carbocycles. The van der Waals surface area contributed by atoms with Gasteiger partial charge in [0, 0.05) is 5.57 Å². The highest BCUT2D eigenvalue weighted by Gasteiger charge is 2.29. The van der Waals surface area contributed by atoms with E-state index < -0.39 is 5.41 Å². The third-order valence-electron chi connectivity index (χ3n) is 5.17. The van der Waals surface area contributed by atoms with E-state index in [0.717, 1.165) is 12.8 Å². The highest BCUT2D eigenvalue weighted by atomic mass is 16.5. The van der Waals surface area contributed by atoms with Crippen molar-refractivity contribution < 1.29 is 19.1 Å². The van der Waals surface area contributed by atoms with Gasteiger partial charge in [0.25, 0.3) is 0 Å². The van der Waals surface area contributed by atoms with Crippen molar-refractivity contribution in [2.75, 3.05) is 6.61 Å². The minimum atomic E-state index is -0.517. The zero-order valence-corrected chi connectivity index (χ0v) is 17.0. The van der Waals surface area contributed by atoms with Gasteiger partial charge in [0.05, 0.1) is 12.0 Å². The smallest absolute Gasteiger partial charge is 0.333 e. The average molecular weight is 373 g/mol. The van der Waals surface area contributed by atoms with Crippen molar-refractivity contribution in [2.45, 2.75) is 65.7 Å². The summed E-state index contributed by atoms with van der Waals surface area (Å²) in [5.74, 6) is 1.10. The van der Waals surface area contributed by atoms with Crippen LogP contribution in [0.5, 0.6) is 5.75 Å². The molecule has 148 valence electrons. The third kappa shape index (κ3) is 5.95. The number of rotatable bonds is 7. The first-order valence-corrected chi connectivity index (χ1v) is 9.89. The summed E-state index contributed by atoms with van der Waals surface area (Å²) in [4.78, 5) is 23.7. The molecule has 4 heteroatoms. The molecule has 1 aliphatic carbocycles. The molecule has 0 amide bonds. The maximum atomic E-state index is 12.0. The Balaban J connectivity index is 1.95. The van der Waals surface area contributed by atoms with E-state index >= 15 is 0 Å².